The van der Waals surface area contributed by atoms with Crippen molar-refractivity contribution in [1.29, 1.82) is 0 Å². The molecule has 1 unspecified atom stereocenters. The van der Waals surface area contributed by atoms with E-state index in [0.29, 0.717) is 6.04 Å². The van der Waals surface area contributed by atoms with Gasteiger partial charge < -0.3 is 10.5 Å². The highest BCUT2D eigenvalue weighted by atomic mass is 16.5. The van der Waals surface area contributed by atoms with E-state index in [4.69, 9.17) is 10.5 Å². The van der Waals surface area contributed by atoms with E-state index < -0.39 is 0 Å². The molecule has 2 aliphatic rings. The molecule has 92 valence electrons. The van der Waals surface area contributed by atoms with Gasteiger partial charge in [-0.05, 0) is 57.3 Å². The molecule has 1 atom stereocenters. The molecule has 1 heterocycles. The van der Waals surface area contributed by atoms with Crippen LogP contribution in [0.15, 0.2) is 11.6 Å². The quantitative estimate of drug-likeness (QED) is 0.744. The Hall–Kier alpha value is -0.340. The molecule has 2 heteroatoms. The number of hydrogen-bond donors (Lipinski definition) is 1. The van der Waals surface area contributed by atoms with Crippen LogP contribution in [0, 0.1) is 5.92 Å². The van der Waals surface area contributed by atoms with Crippen molar-refractivity contribution < 1.29 is 4.74 Å². The van der Waals surface area contributed by atoms with Gasteiger partial charge in [-0.3, -0.25) is 0 Å². The van der Waals surface area contributed by atoms with Crippen LogP contribution in [-0.2, 0) is 4.74 Å². The molecule has 1 aliphatic heterocycles. The molecule has 0 aromatic carbocycles. The first-order valence-electron chi connectivity index (χ1n) is 6.86. The molecular formula is C14H25NO. The summed E-state index contributed by atoms with van der Waals surface area (Å²) in [7, 11) is 0. The Morgan fingerprint density at radius 2 is 2.12 bits per heavy atom. The maximum Gasteiger partial charge on any atom is 0.0468 e. The maximum atomic E-state index is 6.25. The Kier molecular flexibility index (Phi) is 4.86. The van der Waals surface area contributed by atoms with E-state index in [0.717, 1.165) is 25.6 Å². The fourth-order valence-corrected chi connectivity index (χ4v) is 2.92. The zero-order valence-corrected chi connectivity index (χ0v) is 10.3. The Bertz CT molecular complexity index is 231. The highest BCUT2D eigenvalue weighted by molar-refractivity contribution is 5.06. The SMILES string of the molecule is NC(CC1=CCCCC1)CC1CCOCC1. The van der Waals surface area contributed by atoms with E-state index >= 15 is 0 Å². The molecule has 0 aromatic rings. The lowest BCUT2D eigenvalue weighted by Crippen LogP contribution is -2.27. The zero-order chi connectivity index (χ0) is 11.2. The van der Waals surface area contributed by atoms with Gasteiger partial charge in [-0.1, -0.05) is 11.6 Å². The minimum absolute atomic E-state index is 0.382. The standard InChI is InChI=1S/C14H25NO/c15-14(10-12-4-2-1-3-5-12)11-13-6-8-16-9-7-13/h4,13-14H,1-3,5-11,15H2. The molecule has 2 N–H and O–H groups in total. The third-order valence-corrected chi connectivity index (χ3v) is 3.89. The smallest absolute Gasteiger partial charge is 0.0468 e. The predicted molar refractivity (Wildman–Crippen MR) is 67.3 cm³/mol. The number of hydrogen-bond acceptors (Lipinski definition) is 2. The lowest BCUT2D eigenvalue weighted by atomic mass is 9.88. The van der Waals surface area contributed by atoms with Gasteiger partial charge in [0.15, 0.2) is 0 Å². The molecule has 0 spiro atoms. The highest BCUT2D eigenvalue weighted by Gasteiger charge is 2.18. The normalized spacial score (nSPS) is 25.2. The molecule has 0 amide bonds. The second kappa shape index (κ2) is 6.41. The zero-order valence-electron chi connectivity index (χ0n) is 10.3. The molecule has 16 heavy (non-hydrogen) atoms. The van der Waals surface area contributed by atoms with Crippen LogP contribution >= 0.6 is 0 Å². The van der Waals surface area contributed by atoms with Gasteiger partial charge in [0.05, 0.1) is 0 Å². The summed E-state index contributed by atoms with van der Waals surface area (Å²) in [5.74, 6) is 0.813. The number of nitrogens with two attached hydrogens (primary N) is 1. The topological polar surface area (TPSA) is 35.2 Å². The van der Waals surface area contributed by atoms with Gasteiger partial charge in [-0.15, -0.1) is 0 Å². The van der Waals surface area contributed by atoms with E-state index in [2.05, 4.69) is 6.08 Å². The first-order chi connectivity index (χ1) is 7.84. The molecule has 1 saturated heterocycles. The molecule has 0 radical (unpaired) electrons. The first kappa shape index (κ1) is 12.1. The summed E-state index contributed by atoms with van der Waals surface area (Å²) in [6, 6.07) is 0.382. The molecule has 0 bridgehead atoms. The molecular weight excluding hydrogens is 198 g/mol. The van der Waals surface area contributed by atoms with Crippen LogP contribution in [0.1, 0.15) is 51.4 Å². The average Bonchev–Trinajstić information content (AvgIpc) is 2.31. The van der Waals surface area contributed by atoms with Crippen LogP contribution in [0.3, 0.4) is 0 Å². The fraction of sp³-hybridized carbons (Fsp3) is 0.857. The van der Waals surface area contributed by atoms with Crippen LogP contribution in [-0.4, -0.2) is 19.3 Å². The van der Waals surface area contributed by atoms with E-state index in [-0.39, 0.29) is 0 Å². The molecule has 1 fully saturated rings. The number of allylic oxidation sites excluding steroid dienone is 1. The van der Waals surface area contributed by atoms with Crippen LogP contribution in [0.25, 0.3) is 0 Å². The summed E-state index contributed by atoms with van der Waals surface area (Å²) in [6.07, 6.45) is 12.5. The average molecular weight is 223 g/mol. The van der Waals surface area contributed by atoms with Gasteiger partial charge in [-0.2, -0.15) is 0 Å². The summed E-state index contributed by atoms with van der Waals surface area (Å²) in [4.78, 5) is 0. The van der Waals surface area contributed by atoms with Gasteiger partial charge in [-0.25, -0.2) is 0 Å². The largest absolute Gasteiger partial charge is 0.381 e. The Morgan fingerprint density at radius 1 is 1.31 bits per heavy atom. The monoisotopic (exact) mass is 223 g/mol. The van der Waals surface area contributed by atoms with Gasteiger partial charge >= 0.3 is 0 Å². The van der Waals surface area contributed by atoms with E-state index in [1.807, 2.05) is 0 Å². The van der Waals surface area contributed by atoms with Gasteiger partial charge in [0.1, 0.15) is 0 Å². The van der Waals surface area contributed by atoms with E-state index in [1.54, 1.807) is 5.57 Å². The maximum absolute atomic E-state index is 6.25. The Balaban J connectivity index is 1.70. The molecule has 2 nitrogen and oxygen atoms in total. The summed E-state index contributed by atoms with van der Waals surface area (Å²) in [6.45, 7) is 1.89. The number of rotatable bonds is 4. The molecule has 2 rings (SSSR count). The van der Waals surface area contributed by atoms with Gasteiger partial charge in [0.2, 0.25) is 0 Å². The van der Waals surface area contributed by atoms with Crippen LogP contribution in [0.4, 0.5) is 0 Å². The molecule has 0 saturated carbocycles. The van der Waals surface area contributed by atoms with Gasteiger partial charge in [0, 0.05) is 19.3 Å². The summed E-state index contributed by atoms with van der Waals surface area (Å²) in [5, 5.41) is 0. The fourth-order valence-electron chi connectivity index (χ4n) is 2.92. The van der Waals surface area contributed by atoms with Crippen molar-refractivity contribution in [2.75, 3.05) is 13.2 Å². The second-order valence-corrected chi connectivity index (χ2v) is 5.36. The summed E-state index contributed by atoms with van der Waals surface area (Å²) >= 11 is 0. The van der Waals surface area contributed by atoms with Crippen molar-refractivity contribution in [3.63, 3.8) is 0 Å². The Morgan fingerprint density at radius 3 is 2.81 bits per heavy atom. The predicted octanol–water partition coefficient (Wildman–Crippen LogP) is 3.02. The second-order valence-electron chi connectivity index (χ2n) is 5.36. The summed E-state index contributed by atoms with van der Waals surface area (Å²) < 4.78 is 5.38. The van der Waals surface area contributed by atoms with Crippen molar-refractivity contribution in [2.24, 2.45) is 11.7 Å². The van der Waals surface area contributed by atoms with E-state index in [1.165, 1.54) is 44.9 Å². The minimum atomic E-state index is 0.382. The molecule has 1 aliphatic carbocycles. The van der Waals surface area contributed by atoms with Crippen molar-refractivity contribution in [1.82, 2.24) is 0 Å². The lowest BCUT2D eigenvalue weighted by molar-refractivity contribution is 0.0618. The van der Waals surface area contributed by atoms with Crippen molar-refractivity contribution in [3.05, 3.63) is 11.6 Å². The Labute approximate surface area is 99.2 Å². The van der Waals surface area contributed by atoms with E-state index in [9.17, 15) is 0 Å². The van der Waals surface area contributed by atoms with Crippen molar-refractivity contribution in [3.8, 4) is 0 Å². The third-order valence-electron chi connectivity index (χ3n) is 3.89. The lowest BCUT2D eigenvalue weighted by Gasteiger charge is -2.25. The number of ether oxygens (including phenoxy) is 1. The minimum Gasteiger partial charge on any atom is -0.381 e. The van der Waals surface area contributed by atoms with Gasteiger partial charge in [0.25, 0.3) is 0 Å². The first-order valence-corrected chi connectivity index (χ1v) is 6.86. The van der Waals surface area contributed by atoms with Crippen molar-refractivity contribution >= 4 is 0 Å². The molecule has 0 aromatic heterocycles. The summed E-state index contributed by atoms with van der Waals surface area (Å²) in [5.41, 5.74) is 7.87. The van der Waals surface area contributed by atoms with Crippen LogP contribution < -0.4 is 5.73 Å². The van der Waals surface area contributed by atoms with Crippen LogP contribution in [0.5, 0.6) is 0 Å². The van der Waals surface area contributed by atoms with Crippen LogP contribution in [0.2, 0.25) is 0 Å². The highest BCUT2D eigenvalue weighted by Crippen LogP contribution is 2.25. The third kappa shape index (κ3) is 3.91. The van der Waals surface area contributed by atoms with Crippen molar-refractivity contribution in [2.45, 2.75) is 57.4 Å².